The number of nitrogens with zero attached hydrogens (tertiary/aromatic N) is 5. The average Bonchev–Trinajstić information content (AvgIpc) is 3.44. The van der Waals surface area contributed by atoms with E-state index in [2.05, 4.69) is 106 Å². The van der Waals surface area contributed by atoms with Crippen LogP contribution in [0, 0.1) is 0 Å². The van der Waals surface area contributed by atoms with Crippen molar-refractivity contribution < 1.29 is 13.2 Å². The maximum absolute atomic E-state index is 12.2. The number of benzene rings is 3. The summed E-state index contributed by atoms with van der Waals surface area (Å²) in [5.41, 5.74) is 9.12. The Morgan fingerprint density at radius 3 is 2.19 bits per heavy atom. The number of aromatic nitrogens is 2. The van der Waals surface area contributed by atoms with Crippen LogP contribution in [0.15, 0.2) is 60.7 Å². The molecule has 0 atom stereocenters. The molecule has 1 aromatic heterocycles. The van der Waals surface area contributed by atoms with Crippen molar-refractivity contribution in [3.63, 3.8) is 0 Å². The second kappa shape index (κ2) is 14.2. The van der Waals surface area contributed by atoms with E-state index >= 15 is 0 Å². The summed E-state index contributed by atoms with van der Waals surface area (Å²) in [6, 6.07) is 23.0. The van der Waals surface area contributed by atoms with Gasteiger partial charge in [-0.2, -0.15) is 0 Å². The molecule has 1 N–H and O–H groups in total. The highest BCUT2D eigenvalue weighted by molar-refractivity contribution is 7.91. The number of ether oxygens (including phenoxy) is 1. The van der Waals surface area contributed by atoms with Gasteiger partial charge in [-0.15, -0.1) is 0 Å². The molecule has 0 saturated carbocycles. The summed E-state index contributed by atoms with van der Waals surface area (Å²) < 4.78 is 32.1. The number of morpholine rings is 1. The molecule has 7 rings (SSSR count). The van der Waals surface area contributed by atoms with Gasteiger partial charge in [0.2, 0.25) is 0 Å². The molecule has 3 aliphatic heterocycles. The van der Waals surface area contributed by atoms with Crippen LogP contribution < -0.4 is 10.2 Å². The number of rotatable bonds is 9. The fraction of sp³-hybridized carbons (Fsp3) is 0.500. The number of hydrogen-bond donors (Lipinski definition) is 1. The summed E-state index contributed by atoms with van der Waals surface area (Å²) in [4.78, 5) is 12.7. The van der Waals surface area contributed by atoms with Crippen molar-refractivity contribution in [2.75, 3.05) is 74.2 Å². The van der Waals surface area contributed by atoms with Crippen molar-refractivity contribution in [2.24, 2.45) is 7.05 Å². The second-order valence-corrected chi connectivity index (χ2v) is 16.4. The molecule has 0 bridgehead atoms. The highest BCUT2D eigenvalue weighted by Crippen LogP contribution is 2.36. The van der Waals surface area contributed by atoms with Gasteiger partial charge in [0.05, 0.1) is 35.9 Å². The molecule has 0 spiro atoms. The van der Waals surface area contributed by atoms with Gasteiger partial charge in [-0.3, -0.25) is 9.80 Å². The minimum absolute atomic E-state index is 0.136. The zero-order valence-corrected chi connectivity index (χ0v) is 29.5. The van der Waals surface area contributed by atoms with Crippen LogP contribution in [-0.4, -0.2) is 97.8 Å². The van der Waals surface area contributed by atoms with Crippen LogP contribution in [0.1, 0.15) is 49.6 Å². The minimum Gasteiger partial charge on any atom is -0.379 e. The van der Waals surface area contributed by atoms with Crippen LogP contribution in [0.2, 0.25) is 0 Å². The third-order valence-electron chi connectivity index (χ3n) is 10.6. The monoisotopic (exact) mass is 670 g/mol. The minimum atomic E-state index is -2.95. The van der Waals surface area contributed by atoms with Crippen LogP contribution >= 0.6 is 0 Å². The maximum Gasteiger partial charge on any atom is 0.150 e. The number of piperazine rings is 1. The molecule has 4 heterocycles. The number of anilines is 2. The molecule has 0 radical (unpaired) electrons. The number of sulfone groups is 1. The van der Waals surface area contributed by atoms with Crippen molar-refractivity contribution in [3.05, 3.63) is 77.6 Å². The second-order valence-electron chi connectivity index (χ2n) is 14.1. The van der Waals surface area contributed by atoms with E-state index in [0.29, 0.717) is 25.4 Å². The third-order valence-corrected chi connectivity index (χ3v) is 12.3. The van der Waals surface area contributed by atoms with Crippen LogP contribution in [0.3, 0.4) is 0 Å². The fourth-order valence-electron chi connectivity index (χ4n) is 7.46. The summed E-state index contributed by atoms with van der Waals surface area (Å²) in [5, 5.41) is 3.74. The highest BCUT2D eigenvalue weighted by Gasteiger charge is 2.29. The Hall–Kier alpha value is -3.44. The molecule has 3 saturated heterocycles. The summed E-state index contributed by atoms with van der Waals surface area (Å²) in [6.07, 6.45) is 1.25. The van der Waals surface area contributed by atoms with E-state index in [-0.39, 0.29) is 17.4 Å². The number of aryl methyl sites for hydroxylation is 1. The van der Waals surface area contributed by atoms with Crippen LogP contribution in [0.25, 0.3) is 22.2 Å². The van der Waals surface area contributed by atoms with E-state index < -0.39 is 9.84 Å². The fourth-order valence-corrected chi connectivity index (χ4v) is 8.95. The van der Waals surface area contributed by atoms with Crippen molar-refractivity contribution >= 4 is 32.2 Å². The first-order valence-corrected chi connectivity index (χ1v) is 19.5. The van der Waals surface area contributed by atoms with Gasteiger partial charge in [0.15, 0.2) is 0 Å². The molecule has 3 aliphatic rings. The van der Waals surface area contributed by atoms with Gasteiger partial charge in [-0.05, 0) is 73.2 Å². The highest BCUT2D eigenvalue weighted by atomic mass is 32.2. The van der Waals surface area contributed by atoms with Gasteiger partial charge in [-0.25, -0.2) is 13.4 Å². The van der Waals surface area contributed by atoms with Crippen LogP contribution in [-0.2, 0) is 34.7 Å². The molecule has 0 amide bonds. The van der Waals surface area contributed by atoms with Crippen molar-refractivity contribution in [1.82, 2.24) is 19.4 Å². The summed E-state index contributed by atoms with van der Waals surface area (Å²) in [6.45, 7) is 14.1. The Morgan fingerprint density at radius 1 is 0.854 bits per heavy atom. The van der Waals surface area contributed by atoms with Gasteiger partial charge in [0.25, 0.3) is 0 Å². The first-order valence-electron chi connectivity index (χ1n) is 17.6. The molecule has 256 valence electrons. The van der Waals surface area contributed by atoms with E-state index in [1.807, 2.05) is 0 Å². The maximum atomic E-state index is 12.2. The summed E-state index contributed by atoms with van der Waals surface area (Å²) >= 11 is 0. The standard InChI is InChI=1S/C38H50N6O3S/c1-28(2)43-14-16-44(17-15-43)34-10-8-31(9-11-34)33-24-35(39-26-29-4-6-30(7-5-29)27-42-18-20-47-21-19-42)37-36(25-33)41(3)38(40-37)32-12-22-48(45,46)23-13-32/h4-11,24-25,28,32,39H,12-23,26-27H2,1-3H3. The number of imidazole rings is 1. The Kier molecular flexibility index (Phi) is 9.78. The number of fused-ring (bicyclic) bond motifs is 1. The van der Waals surface area contributed by atoms with Crippen molar-refractivity contribution in [3.8, 4) is 11.1 Å². The Morgan fingerprint density at radius 2 is 1.52 bits per heavy atom. The van der Waals surface area contributed by atoms with Crippen molar-refractivity contribution in [1.29, 1.82) is 0 Å². The lowest BCUT2D eigenvalue weighted by molar-refractivity contribution is 0.0342. The van der Waals surface area contributed by atoms with Gasteiger partial charge < -0.3 is 19.5 Å². The quantitative estimate of drug-likeness (QED) is 0.250. The Bertz CT molecular complexity index is 1790. The largest absolute Gasteiger partial charge is 0.379 e. The third kappa shape index (κ3) is 7.42. The summed E-state index contributed by atoms with van der Waals surface area (Å²) in [7, 11) is -0.873. The SMILES string of the molecule is CC(C)N1CCN(c2ccc(-c3cc(NCc4ccc(CN5CCOCC5)cc4)c4nc(C5CCS(=O)(=O)CC5)n(C)c4c3)cc2)CC1. The van der Waals surface area contributed by atoms with Crippen molar-refractivity contribution in [2.45, 2.75) is 51.7 Å². The zero-order chi connectivity index (χ0) is 33.3. The predicted octanol–water partition coefficient (Wildman–Crippen LogP) is 5.51. The molecule has 48 heavy (non-hydrogen) atoms. The molecule has 10 heteroatoms. The predicted molar refractivity (Wildman–Crippen MR) is 196 cm³/mol. The van der Waals surface area contributed by atoms with Gasteiger partial charge >= 0.3 is 0 Å². The topological polar surface area (TPSA) is 82.9 Å². The Labute approximate surface area is 285 Å². The lowest BCUT2D eigenvalue weighted by Crippen LogP contribution is -2.48. The van der Waals surface area contributed by atoms with E-state index in [4.69, 9.17) is 9.72 Å². The molecule has 0 unspecified atom stereocenters. The molecule has 3 aromatic carbocycles. The van der Waals surface area contributed by atoms with Gasteiger partial charge in [-0.1, -0.05) is 36.4 Å². The van der Waals surface area contributed by atoms with Crippen LogP contribution in [0.4, 0.5) is 11.4 Å². The smallest absolute Gasteiger partial charge is 0.150 e. The normalized spacial score (nSPS) is 19.7. The van der Waals surface area contributed by atoms with E-state index in [1.165, 1.54) is 22.4 Å². The zero-order valence-electron chi connectivity index (χ0n) is 28.7. The van der Waals surface area contributed by atoms with Gasteiger partial charge in [0.1, 0.15) is 21.2 Å². The molecule has 4 aromatic rings. The first-order chi connectivity index (χ1) is 23.2. The first kappa shape index (κ1) is 33.1. The van der Waals surface area contributed by atoms with Crippen LogP contribution in [0.5, 0.6) is 0 Å². The van der Waals surface area contributed by atoms with E-state index in [9.17, 15) is 8.42 Å². The Balaban J connectivity index is 1.14. The van der Waals surface area contributed by atoms with Gasteiger partial charge in [0, 0.05) is 77.1 Å². The lowest BCUT2D eigenvalue weighted by Gasteiger charge is -2.38. The number of nitrogens with one attached hydrogen (secondary N) is 1. The summed E-state index contributed by atoms with van der Waals surface area (Å²) in [5.74, 6) is 1.58. The average molecular weight is 671 g/mol. The lowest BCUT2D eigenvalue weighted by atomic mass is 10.0. The molecular weight excluding hydrogens is 621 g/mol. The molecular formula is C38H50N6O3S. The molecule has 0 aliphatic carbocycles. The van der Waals surface area contributed by atoms with E-state index in [1.54, 1.807) is 0 Å². The number of hydrogen-bond acceptors (Lipinski definition) is 8. The molecule has 9 nitrogen and oxygen atoms in total. The molecule has 3 fully saturated rings. The van der Waals surface area contributed by atoms with E-state index in [0.717, 1.165) is 87.1 Å².